The number of aryl methyl sites for hydroxylation is 2. The molecule has 0 aromatic carbocycles. The number of aliphatic hydroxyl groups excluding tert-OH is 1. The van der Waals surface area contributed by atoms with E-state index in [0.717, 1.165) is 28.8 Å². The van der Waals surface area contributed by atoms with Crippen LogP contribution in [-0.4, -0.2) is 21.0 Å². The highest BCUT2D eigenvalue weighted by molar-refractivity contribution is 9.10. The fraction of sp³-hybridized carbons (Fsp3) is 0.750. The van der Waals surface area contributed by atoms with Crippen molar-refractivity contribution in [1.29, 1.82) is 0 Å². The molecule has 4 heteroatoms. The molecule has 1 heterocycles. The summed E-state index contributed by atoms with van der Waals surface area (Å²) < 4.78 is 3.04. The lowest BCUT2D eigenvalue weighted by molar-refractivity contribution is 0.143. The standard InChI is InChI=1S/C12H19BrN2O/c1-4-15-10(12(13)8(3)14-15)6-11(16)9-5-7(9)2/h7,9,11,16H,4-6H2,1-3H3. The van der Waals surface area contributed by atoms with Crippen molar-refractivity contribution in [1.82, 2.24) is 9.78 Å². The lowest BCUT2D eigenvalue weighted by atomic mass is 10.1. The van der Waals surface area contributed by atoms with Crippen molar-refractivity contribution in [3.63, 3.8) is 0 Å². The molecule has 3 atom stereocenters. The fourth-order valence-corrected chi connectivity index (χ4v) is 2.75. The summed E-state index contributed by atoms with van der Waals surface area (Å²) in [6.07, 6.45) is 1.66. The van der Waals surface area contributed by atoms with Gasteiger partial charge in [-0.1, -0.05) is 6.92 Å². The molecule has 0 amide bonds. The van der Waals surface area contributed by atoms with Crippen LogP contribution in [0.15, 0.2) is 4.47 Å². The summed E-state index contributed by atoms with van der Waals surface area (Å²) in [5.74, 6) is 1.18. The van der Waals surface area contributed by atoms with Crippen LogP contribution in [0.2, 0.25) is 0 Å². The van der Waals surface area contributed by atoms with Gasteiger partial charge in [-0.2, -0.15) is 5.10 Å². The Morgan fingerprint density at radius 2 is 2.25 bits per heavy atom. The van der Waals surface area contributed by atoms with Crippen molar-refractivity contribution in [3.05, 3.63) is 15.9 Å². The topological polar surface area (TPSA) is 38.0 Å². The van der Waals surface area contributed by atoms with Crippen LogP contribution in [0.5, 0.6) is 0 Å². The number of nitrogens with zero attached hydrogens (tertiary/aromatic N) is 2. The lowest BCUT2D eigenvalue weighted by Crippen LogP contribution is -2.17. The molecule has 1 aliphatic carbocycles. The van der Waals surface area contributed by atoms with Crippen LogP contribution in [0.25, 0.3) is 0 Å². The van der Waals surface area contributed by atoms with E-state index in [1.54, 1.807) is 0 Å². The maximum Gasteiger partial charge on any atom is 0.0738 e. The van der Waals surface area contributed by atoms with Gasteiger partial charge in [-0.05, 0) is 48.0 Å². The lowest BCUT2D eigenvalue weighted by Gasteiger charge is -2.11. The van der Waals surface area contributed by atoms with Crippen LogP contribution in [0.1, 0.15) is 31.7 Å². The summed E-state index contributed by atoms with van der Waals surface area (Å²) in [6, 6.07) is 0. The molecular weight excluding hydrogens is 268 g/mol. The number of hydrogen-bond donors (Lipinski definition) is 1. The molecule has 1 aliphatic rings. The smallest absolute Gasteiger partial charge is 0.0738 e. The molecule has 1 aromatic heterocycles. The van der Waals surface area contributed by atoms with E-state index in [2.05, 4.69) is 34.9 Å². The van der Waals surface area contributed by atoms with Gasteiger partial charge in [-0.3, -0.25) is 4.68 Å². The molecular formula is C12H19BrN2O. The number of rotatable bonds is 4. The van der Waals surface area contributed by atoms with Gasteiger partial charge >= 0.3 is 0 Å². The van der Waals surface area contributed by atoms with E-state index in [9.17, 15) is 5.11 Å². The molecule has 90 valence electrons. The third kappa shape index (κ3) is 2.18. The Kier molecular flexibility index (Phi) is 3.40. The first-order valence-electron chi connectivity index (χ1n) is 5.94. The van der Waals surface area contributed by atoms with Gasteiger partial charge in [0.05, 0.1) is 22.0 Å². The molecule has 1 fully saturated rings. The number of hydrogen-bond acceptors (Lipinski definition) is 2. The second kappa shape index (κ2) is 4.49. The summed E-state index contributed by atoms with van der Waals surface area (Å²) in [7, 11) is 0. The first-order chi connectivity index (χ1) is 7.54. The molecule has 1 saturated carbocycles. The van der Waals surface area contributed by atoms with E-state index in [-0.39, 0.29) is 6.10 Å². The van der Waals surface area contributed by atoms with Crippen molar-refractivity contribution in [2.45, 2.75) is 46.3 Å². The Morgan fingerprint density at radius 1 is 1.62 bits per heavy atom. The average molecular weight is 287 g/mol. The molecule has 0 radical (unpaired) electrons. The zero-order valence-electron chi connectivity index (χ0n) is 10.1. The van der Waals surface area contributed by atoms with Gasteiger partial charge in [-0.15, -0.1) is 0 Å². The molecule has 0 spiro atoms. The van der Waals surface area contributed by atoms with Gasteiger partial charge in [0.2, 0.25) is 0 Å². The first kappa shape index (κ1) is 12.1. The van der Waals surface area contributed by atoms with E-state index in [1.165, 1.54) is 0 Å². The van der Waals surface area contributed by atoms with E-state index in [1.807, 2.05) is 11.6 Å². The molecule has 3 nitrogen and oxygen atoms in total. The van der Waals surface area contributed by atoms with Crippen molar-refractivity contribution in [2.75, 3.05) is 0 Å². The molecule has 3 unspecified atom stereocenters. The van der Waals surface area contributed by atoms with E-state index in [0.29, 0.717) is 18.3 Å². The third-order valence-electron chi connectivity index (χ3n) is 3.52. The van der Waals surface area contributed by atoms with Crippen LogP contribution >= 0.6 is 15.9 Å². The number of halogens is 1. The molecule has 16 heavy (non-hydrogen) atoms. The minimum atomic E-state index is -0.215. The van der Waals surface area contributed by atoms with Gasteiger partial charge in [0.25, 0.3) is 0 Å². The van der Waals surface area contributed by atoms with E-state index >= 15 is 0 Å². The SMILES string of the molecule is CCn1nc(C)c(Br)c1CC(O)C1CC1C. The summed E-state index contributed by atoms with van der Waals surface area (Å²) in [5.41, 5.74) is 2.14. The summed E-state index contributed by atoms with van der Waals surface area (Å²) >= 11 is 3.56. The summed E-state index contributed by atoms with van der Waals surface area (Å²) in [4.78, 5) is 0. The normalized spacial score (nSPS) is 25.8. The molecule has 0 saturated heterocycles. The van der Waals surface area contributed by atoms with Gasteiger partial charge in [0, 0.05) is 13.0 Å². The van der Waals surface area contributed by atoms with Gasteiger partial charge < -0.3 is 5.11 Å². The highest BCUT2D eigenvalue weighted by Gasteiger charge is 2.39. The third-order valence-corrected chi connectivity index (χ3v) is 4.55. The maximum atomic E-state index is 10.1. The molecule has 1 N–H and O–H groups in total. The predicted octanol–water partition coefficient (Wildman–Crippen LogP) is 2.53. The number of aromatic nitrogens is 2. The average Bonchev–Trinajstić information content (AvgIpc) is 2.92. The van der Waals surface area contributed by atoms with Gasteiger partial charge in [0.15, 0.2) is 0 Å². The van der Waals surface area contributed by atoms with Crippen molar-refractivity contribution in [2.24, 2.45) is 11.8 Å². The molecule has 0 aliphatic heterocycles. The highest BCUT2D eigenvalue weighted by Crippen LogP contribution is 2.41. The zero-order chi connectivity index (χ0) is 11.9. The molecule has 0 bridgehead atoms. The number of aliphatic hydroxyl groups is 1. The zero-order valence-corrected chi connectivity index (χ0v) is 11.7. The maximum absolute atomic E-state index is 10.1. The minimum absolute atomic E-state index is 0.215. The summed E-state index contributed by atoms with van der Waals surface area (Å²) in [5, 5.41) is 14.5. The Balaban J connectivity index is 2.13. The highest BCUT2D eigenvalue weighted by atomic mass is 79.9. The van der Waals surface area contributed by atoms with Crippen LogP contribution in [0.3, 0.4) is 0 Å². The van der Waals surface area contributed by atoms with Crippen LogP contribution in [0.4, 0.5) is 0 Å². The van der Waals surface area contributed by atoms with Gasteiger partial charge in [-0.25, -0.2) is 0 Å². The van der Waals surface area contributed by atoms with Crippen LogP contribution in [-0.2, 0) is 13.0 Å². The Labute approximate surface area is 105 Å². The van der Waals surface area contributed by atoms with Gasteiger partial charge in [0.1, 0.15) is 0 Å². The Hall–Kier alpha value is -0.350. The van der Waals surface area contributed by atoms with Crippen LogP contribution < -0.4 is 0 Å². The van der Waals surface area contributed by atoms with Crippen molar-refractivity contribution >= 4 is 15.9 Å². The summed E-state index contributed by atoms with van der Waals surface area (Å²) in [6.45, 7) is 7.13. The second-order valence-corrected chi connectivity index (χ2v) is 5.60. The largest absolute Gasteiger partial charge is 0.392 e. The van der Waals surface area contributed by atoms with Crippen molar-refractivity contribution < 1.29 is 5.11 Å². The second-order valence-electron chi connectivity index (χ2n) is 4.81. The van der Waals surface area contributed by atoms with E-state index < -0.39 is 0 Å². The minimum Gasteiger partial charge on any atom is -0.392 e. The molecule has 2 rings (SSSR count). The quantitative estimate of drug-likeness (QED) is 0.924. The monoisotopic (exact) mass is 286 g/mol. The van der Waals surface area contributed by atoms with E-state index in [4.69, 9.17) is 0 Å². The predicted molar refractivity (Wildman–Crippen MR) is 67.3 cm³/mol. The molecule has 1 aromatic rings. The fourth-order valence-electron chi connectivity index (χ4n) is 2.30. The Bertz CT molecular complexity index is 389. The van der Waals surface area contributed by atoms with Crippen LogP contribution in [0, 0.1) is 18.8 Å². The first-order valence-corrected chi connectivity index (χ1v) is 6.73. The van der Waals surface area contributed by atoms with Crippen molar-refractivity contribution in [3.8, 4) is 0 Å². The Morgan fingerprint density at radius 3 is 2.75 bits per heavy atom.